The lowest BCUT2D eigenvalue weighted by molar-refractivity contribution is 0.402. The molecule has 0 fully saturated rings. The van der Waals surface area contributed by atoms with Crippen molar-refractivity contribution in [2.45, 2.75) is 0 Å². The van der Waals surface area contributed by atoms with E-state index >= 15 is 0 Å². The molecule has 62 valence electrons. The number of aromatic amines is 1. The minimum atomic E-state index is 0.827. The molecule has 2 aromatic rings. The van der Waals surface area contributed by atoms with E-state index in [4.69, 9.17) is 4.74 Å². The predicted molar refractivity (Wildman–Crippen MR) is 50.7 cm³/mol. The lowest BCUT2D eigenvalue weighted by Gasteiger charge is -1.98. The fourth-order valence-electron chi connectivity index (χ4n) is 1.17. The summed E-state index contributed by atoms with van der Waals surface area (Å²) >= 11 is 1.69. The van der Waals surface area contributed by atoms with Crippen molar-refractivity contribution >= 4 is 11.3 Å². The third-order valence-corrected chi connectivity index (χ3v) is 2.43. The van der Waals surface area contributed by atoms with Gasteiger partial charge in [-0.3, -0.25) is 0 Å². The Morgan fingerprint density at radius 3 is 3.00 bits per heavy atom. The maximum absolute atomic E-state index is 5.16. The molecule has 2 rings (SSSR count). The highest BCUT2D eigenvalue weighted by Crippen LogP contribution is 2.29. The van der Waals surface area contributed by atoms with Gasteiger partial charge in [-0.25, -0.2) is 0 Å². The zero-order valence-corrected chi connectivity index (χ0v) is 7.52. The van der Waals surface area contributed by atoms with Gasteiger partial charge in [0.1, 0.15) is 0 Å². The van der Waals surface area contributed by atoms with Crippen LogP contribution in [-0.2, 0) is 0 Å². The first-order valence-corrected chi connectivity index (χ1v) is 4.60. The molecule has 0 saturated carbocycles. The van der Waals surface area contributed by atoms with Gasteiger partial charge in [-0.15, -0.1) is 0 Å². The Hall–Kier alpha value is -1.22. The first kappa shape index (κ1) is 7.43. The molecule has 12 heavy (non-hydrogen) atoms. The van der Waals surface area contributed by atoms with Crippen molar-refractivity contribution in [2.24, 2.45) is 0 Å². The number of thiophene rings is 1. The van der Waals surface area contributed by atoms with E-state index in [1.54, 1.807) is 18.4 Å². The summed E-state index contributed by atoms with van der Waals surface area (Å²) in [6, 6.07) is 4.09. The van der Waals surface area contributed by atoms with Crippen molar-refractivity contribution < 1.29 is 4.74 Å². The lowest BCUT2D eigenvalue weighted by atomic mass is 10.2. The van der Waals surface area contributed by atoms with E-state index in [-0.39, 0.29) is 0 Å². The van der Waals surface area contributed by atoms with Crippen LogP contribution in [0.3, 0.4) is 0 Å². The molecule has 0 unspecified atom stereocenters. The van der Waals surface area contributed by atoms with Crippen LogP contribution in [0.25, 0.3) is 11.1 Å². The van der Waals surface area contributed by atoms with Crippen LogP contribution in [0.4, 0.5) is 0 Å². The van der Waals surface area contributed by atoms with Crippen LogP contribution in [0.15, 0.2) is 29.1 Å². The fraction of sp³-hybridized carbons (Fsp3) is 0.111. The maximum Gasteiger partial charge on any atom is 0.198 e. The topological polar surface area (TPSA) is 25.0 Å². The summed E-state index contributed by atoms with van der Waals surface area (Å²) in [7, 11) is 1.67. The summed E-state index contributed by atoms with van der Waals surface area (Å²) in [5, 5.41) is 4.16. The van der Waals surface area contributed by atoms with Crippen LogP contribution < -0.4 is 4.74 Å². The highest BCUT2D eigenvalue weighted by atomic mass is 32.1. The molecule has 0 aliphatic carbocycles. The SMILES string of the molecule is COc1[nH]ccc1-c1ccsc1. The van der Waals surface area contributed by atoms with Gasteiger partial charge in [-0.2, -0.15) is 11.3 Å². The number of nitrogens with one attached hydrogen (secondary N) is 1. The zero-order chi connectivity index (χ0) is 8.39. The first-order chi connectivity index (χ1) is 5.92. The van der Waals surface area contributed by atoms with Gasteiger partial charge in [0.25, 0.3) is 0 Å². The third-order valence-electron chi connectivity index (χ3n) is 1.75. The highest BCUT2D eigenvalue weighted by Gasteiger charge is 2.05. The predicted octanol–water partition coefficient (Wildman–Crippen LogP) is 2.75. The van der Waals surface area contributed by atoms with Crippen LogP contribution in [-0.4, -0.2) is 12.1 Å². The number of methoxy groups -OCH3 is 1. The number of aromatic nitrogens is 1. The second-order valence-corrected chi connectivity index (χ2v) is 3.22. The molecule has 0 aliphatic rings. The number of rotatable bonds is 2. The summed E-state index contributed by atoms with van der Waals surface area (Å²) in [6.07, 6.45) is 1.88. The summed E-state index contributed by atoms with van der Waals surface area (Å²) in [5.74, 6) is 0.827. The maximum atomic E-state index is 5.16. The Labute approximate surface area is 74.8 Å². The van der Waals surface area contributed by atoms with Crippen molar-refractivity contribution in [2.75, 3.05) is 7.11 Å². The monoisotopic (exact) mass is 179 g/mol. The fourth-order valence-corrected chi connectivity index (χ4v) is 1.82. The molecule has 2 aromatic heterocycles. The molecule has 3 heteroatoms. The third kappa shape index (κ3) is 1.12. The standard InChI is InChI=1S/C9H9NOS/c1-11-9-8(2-4-10-9)7-3-5-12-6-7/h2-6,10H,1H3. The number of H-pyrrole nitrogens is 1. The molecule has 0 bridgehead atoms. The van der Waals surface area contributed by atoms with Crippen molar-refractivity contribution in [1.29, 1.82) is 0 Å². The summed E-state index contributed by atoms with van der Waals surface area (Å²) in [6.45, 7) is 0. The van der Waals surface area contributed by atoms with Crippen molar-refractivity contribution in [1.82, 2.24) is 4.98 Å². The Morgan fingerprint density at radius 1 is 1.42 bits per heavy atom. The van der Waals surface area contributed by atoms with Gasteiger partial charge in [0.15, 0.2) is 5.88 Å². The van der Waals surface area contributed by atoms with Gasteiger partial charge in [0.2, 0.25) is 0 Å². The molecular formula is C9H9NOS. The number of ether oxygens (including phenoxy) is 1. The van der Waals surface area contributed by atoms with Crippen molar-refractivity contribution in [3.63, 3.8) is 0 Å². The minimum Gasteiger partial charge on any atom is -0.482 e. The van der Waals surface area contributed by atoms with Gasteiger partial charge < -0.3 is 9.72 Å². The van der Waals surface area contributed by atoms with E-state index < -0.39 is 0 Å². The van der Waals surface area contributed by atoms with E-state index in [0.717, 1.165) is 11.4 Å². The molecule has 0 atom stereocenters. The molecule has 0 radical (unpaired) electrons. The average Bonchev–Trinajstić information content (AvgIpc) is 2.74. The van der Waals surface area contributed by atoms with Crippen LogP contribution in [0.5, 0.6) is 5.88 Å². The first-order valence-electron chi connectivity index (χ1n) is 3.66. The largest absolute Gasteiger partial charge is 0.482 e. The highest BCUT2D eigenvalue weighted by molar-refractivity contribution is 7.08. The van der Waals surface area contributed by atoms with Crippen molar-refractivity contribution in [3.05, 3.63) is 29.1 Å². The average molecular weight is 179 g/mol. The van der Waals surface area contributed by atoms with E-state index in [1.807, 2.05) is 12.3 Å². The lowest BCUT2D eigenvalue weighted by Crippen LogP contribution is -1.83. The number of hydrogen-bond acceptors (Lipinski definition) is 2. The molecule has 0 amide bonds. The summed E-state index contributed by atoms with van der Waals surface area (Å²) in [5.41, 5.74) is 2.33. The van der Waals surface area contributed by atoms with Gasteiger partial charge in [-0.05, 0) is 28.5 Å². The van der Waals surface area contributed by atoms with E-state index in [9.17, 15) is 0 Å². The Kier molecular flexibility index (Phi) is 1.87. The van der Waals surface area contributed by atoms with Crippen LogP contribution in [0, 0.1) is 0 Å². The molecule has 0 saturated heterocycles. The quantitative estimate of drug-likeness (QED) is 0.753. The molecular weight excluding hydrogens is 170 g/mol. The molecule has 2 nitrogen and oxygen atoms in total. The second kappa shape index (κ2) is 3.03. The second-order valence-electron chi connectivity index (χ2n) is 2.44. The molecule has 2 heterocycles. The molecule has 0 aliphatic heterocycles. The van der Waals surface area contributed by atoms with E-state index in [1.165, 1.54) is 5.56 Å². The van der Waals surface area contributed by atoms with Gasteiger partial charge in [0.05, 0.1) is 7.11 Å². The van der Waals surface area contributed by atoms with Crippen LogP contribution >= 0.6 is 11.3 Å². The number of hydrogen-bond donors (Lipinski definition) is 1. The Balaban J connectivity index is 2.46. The Morgan fingerprint density at radius 2 is 2.33 bits per heavy atom. The molecule has 1 N–H and O–H groups in total. The van der Waals surface area contributed by atoms with E-state index in [2.05, 4.69) is 21.8 Å². The van der Waals surface area contributed by atoms with Gasteiger partial charge in [0, 0.05) is 11.8 Å². The Bertz CT molecular complexity index is 350. The van der Waals surface area contributed by atoms with E-state index in [0.29, 0.717) is 0 Å². The van der Waals surface area contributed by atoms with Crippen molar-refractivity contribution in [3.8, 4) is 17.0 Å². The van der Waals surface area contributed by atoms with Crippen LogP contribution in [0.1, 0.15) is 0 Å². The zero-order valence-electron chi connectivity index (χ0n) is 6.70. The minimum absolute atomic E-state index is 0.827. The smallest absolute Gasteiger partial charge is 0.198 e. The molecule has 0 aromatic carbocycles. The van der Waals surface area contributed by atoms with Gasteiger partial charge in [-0.1, -0.05) is 0 Å². The normalized spacial score (nSPS) is 10.1. The summed E-state index contributed by atoms with van der Waals surface area (Å²) in [4.78, 5) is 3.03. The molecule has 0 spiro atoms. The summed E-state index contributed by atoms with van der Waals surface area (Å²) < 4.78 is 5.16. The van der Waals surface area contributed by atoms with Crippen LogP contribution in [0.2, 0.25) is 0 Å². The van der Waals surface area contributed by atoms with Gasteiger partial charge >= 0.3 is 0 Å².